The van der Waals surface area contributed by atoms with Gasteiger partial charge < -0.3 is 9.47 Å². The lowest BCUT2D eigenvalue weighted by Gasteiger charge is -2.16. The van der Waals surface area contributed by atoms with Gasteiger partial charge in [-0.25, -0.2) is 0 Å². The van der Waals surface area contributed by atoms with Gasteiger partial charge in [-0.2, -0.15) is 0 Å². The Hall–Kier alpha value is -2.88. The van der Waals surface area contributed by atoms with Gasteiger partial charge in [-0.05, 0) is 24.5 Å². The minimum Gasteiger partial charge on any atom is -0.425 e. The highest BCUT2D eigenvalue weighted by atomic mass is 16.5. The maximum atomic E-state index is 11.8. The Morgan fingerprint density at radius 1 is 0.778 bits per heavy atom. The normalized spacial score (nSPS) is 10.9. The van der Waals surface area contributed by atoms with E-state index in [9.17, 15) is 9.59 Å². The number of hydrogen-bond acceptors (Lipinski definition) is 4. The van der Waals surface area contributed by atoms with Crippen LogP contribution in [-0.4, -0.2) is 11.9 Å². The lowest BCUT2D eigenvalue weighted by atomic mass is 9.97. The topological polar surface area (TPSA) is 52.6 Å². The lowest BCUT2D eigenvalue weighted by molar-refractivity contribution is -0.132. The van der Waals surface area contributed by atoms with Crippen LogP contribution in [-0.2, 0) is 16.0 Å². The van der Waals surface area contributed by atoms with Crippen molar-refractivity contribution in [2.75, 3.05) is 0 Å². The molecule has 0 aliphatic rings. The highest BCUT2D eigenvalue weighted by Crippen LogP contribution is 2.43. The molecule has 140 valence electrons. The van der Waals surface area contributed by atoms with Crippen LogP contribution in [0.2, 0.25) is 0 Å². The number of benzene rings is 3. The number of carbonyl (C=O) groups is 2. The zero-order valence-electron chi connectivity index (χ0n) is 16.0. The van der Waals surface area contributed by atoms with Crippen LogP contribution in [0.25, 0.3) is 21.5 Å². The van der Waals surface area contributed by atoms with Crippen molar-refractivity contribution in [3.8, 4) is 11.5 Å². The van der Waals surface area contributed by atoms with Crippen LogP contribution in [0.5, 0.6) is 11.5 Å². The Bertz CT molecular complexity index is 1000. The van der Waals surface area contributed by atoms with Gasteiger partial charge in [0.2, 0.25) is 0 Å². The Morgan fingerprint density at radius 2 is 1.33 bits per heavy atom. The first-order valence-corrected chi connectivity index (χ1v) is 9.35. The van der Waals surface area contributed by atoms with Crippen molar-refractivity contribution in [1.29, 1.82) is 0 Å². The lowest BCUT2D eigenvalue weighted by Crippen LogP contribution is -2.06. The molecule has 0 aliphatic heterocycles. The number of ether oxygens (including phenoxy) is 2. The highest BCUT2D eigenvalue weighted by Gasteiger charge is 2.18. The summed E-state index contributed by atoms with van der Waals surface area (Å²) in [5.74, 6) is 0.261. The molecule has 0 aliphatic carbocycles. The smallest absolute Gasteiger partial charge is 0.308 e. The molecule has 0 bridgehead atoms. The molecule has 0 amide bonds. The average Bonchev–Trinajstić information content (AvgIpc) is 2.64. The standard InChI is InChI=1S/C23H24O4/c1-4-5-6-9-17-12-13-20-21(14-17)23(27-16(3)25)19-11-8-7-10-18(19)22(20)26-15(2)24/h7-8,10-14H,4-6,9H2,1-3H3. The van der Waals surface area contributed by atoms with E-state index in [2.05, 4.69) is 13.0 Å². The predicted octanol–water partition coefficient (Wildman–Crippen LogP) is 5.58. The number of esters is 2. The van der Waals surface area contributed by atoms with Crippen LogP contribution in [0.1, 0.15) is 45.6 Å². The minimum absolute atomic E-state index is 0.377. The number of aryl methyl sites for hydroxylation is 1. The Morgan fingerprint density at radius 3 is 1.89 bits per heavy atom. The molecule has 0 saturated heterocycles. The molecule has 0 radical (unpaired) electrons. The number of rotatable bonds is 6. The molecule has 0 fully saturated rings. The Balaban J connectivity index is 2.29. The van der Waals surface area contributed by atoms with Gasteiger partial charge in [0.25, 0.3) is 0 Å². The molecule has 3 aromatic rings. The van der Waals surface area contributed by atoms with E-state index in [1.165, 1.54) is 25.8 Å². The van der Waals surface area contributed by atoms with E-state index < -0.39 is 0 Å². The number of fused-ring (bicyclic) bond motifs is 2. The molecule has 4 heteroatoms. The van der Waals surface area contributed by atoms with Crippen LogP contribution >= 0.6 is 0 Å². The van der Waals surface area contributed by atoms with Gasteiger partial charge in [0.1, 0.15) is 11.5 Å². The van der Waals surface area contributed by atoms with Gasteiger partial charge in [-0.3, -0.25) is 9.59 Å². The van der Waals surface area contributed by atoms with Crippen LogP contribution in [0.3, 0.4) is 0 Å². The van der Waals surface area contributed by atoms with E-state index in [4.69, 9.17) is 9.47 Å². The molecule has 0 saturated carbocycles. The molecular weight excluding hydrogens is 340 g/mol. The van der Waals surface area contributed by atoms with Crippen molar-refractivity contribution in [3.63, 3.8) is 0 Å². The summed E-state index contributed by atoms with van der Waals surface area (Å²) in [6.45, 7) is 4.96. The van der Waals surface area contributed by atoms with Crippen LogP contribution in [0.4, 0.5) is 0 Å². The fourth-order valence-electron chi connectivity index (χ4n) is 3.39. The van der Waals surface area contributed by atoms with E-state index in [1.807, 2.05) is 36.4 Å². The maximum absolute atomic E-state index is 11.8. The molecule has 0 unspecified atom stereocenters. The van der Waals surface area contributed by atoms with E-state index >= 15 is 0 Å². The van der Waals surface area contributed by atoms with Crippen LogP contribution in [0, 0.1) is 0 Å². The predicted molar refractivity (Wildman–Crippen MR) is 107 cm³/mol. The molecule has 0 N–H and O–H groups in total. The van der Waals surface area contributed by atoms with Crippen LogP contribution in [0.15, 0.2) is 42.5 Å². The molecule has 0 aromatic heterocycles. The third-order valence-electron chi connectivity index (χ3n) is 4.55. The maximum Gasteiger partial charge on any atom is 0.308 e. The van der Waals surface area contributed by atoms with Gasteiger partial charge in [0.05, 0.1) is 0 Å². The molecule has 4 nitrogen and oxygen atoms in total. The monoisotopic (exact) mass is 364 g/mol. The largest absolute Gasteiger partial charge is 0.425 e. The molecule has 27 heavy (non-hydrogen) atoms. The van der Waals surface area contributed by atoms with Gasteiger partial charge in [0.15, 0.2) is 0 Å². The Kier molecular flexibility index (Phi) is 5.75. The van der Waals surface area contributed by atoms with Gasteiger partial charge in [-0.15, -0.1) is 0 Å². The van der Waals surface area contributed by atoms with Crippen molar-refractivity contribution in [2.45, 2.75) is 46.5 Å². The van der Waals surface area contributed by atoms with E-state index in [-0.39, 0.29) is 11.9 Å². The highest BCUT2D eigenvalue weighted by molar-refractivity contribution is 6.12. The average molecular weight is 364 g/mol. The molecule has 0 atom stereocenters. The third-order valence-corrected chi connectivity index (χ3v) is 4.55. The number of carbonyl (C=O) groups excluding carboxylic acids is 2. The van der Waals surface area contributed by atoms with E-state index in [0.29, 0.717) is 11.5 Å². The van der Waals surface area contributed by atoms with Gasteiger partial charge in [0, 0.05) is 35.4 Å². The first-order valence-electron chi connectivity index (χ1n) is 9.35. The summed E-state index contributed by atoms with van der Waals surface area (Å²) < 4.78 is 11.2. The van der Waals surface area contributed by atoms with Crippen molar-refractivity contribution in [2.24, 2.45) is 0 Å². The molecule has 3 rings (SSSR count). The second-order valence-corrected chi connectivity index (χ2v) is 6.73. The second-order valence-electron chi connectivity index (χ2n) is 6.73. The minimum atomic E-state index is -0.381. The summed E-state index contributed by atoms with van der Waals surface area (Å²) in [7, 11) is 0. The molecule has 3 aromatic carbocycles. The second kappa shape index (κ2) is 8.21. The molecular formula is C23H24O4. The van der Waals surface area contributed by atoms with Gasteiger partial charge in [-0.1, -0.05) is 56.2 Å². The SMILES string of the molecule is CCCCCc1ccc2c(OC(C)=O)c3ccccc3c(OC(C)=O)c2c1. The van der Waals surface area contributed by atoms with Crippen molar-refractivity contribution in [1.82, 2.24) is 0 Å². The summed E-state index contributed by atoms with van der Waals surface area (Å²) in [6.07, 6.45) is 4.40. The summed E-state index contributed by atoms with van der Waals surface area (Å²) in [6, 6.07) is 13.6. The van der Waals surface area contributed by atoms with Crippen LogP contribution < -0.4 is 9.47 Å². The fourth-order valence-corrected chi connectivity index (χ4v) is 3.39. The fraction of sp³-hybridized carbons (Fsp3) is 0.304. The number of hydrogen-bond donors (Lipinski definition) is 0. The van der Waals surface area contributed by atoms with Gasteiger partial charge >= 0.3 is 11.9 Å². The zero-order valence-corrected chi connectivity index (χ0v) is 16.0. The zero-order chi connectivity index (χ0) is 19.4. The molecule has 0 spiro atoms. The summed E-state index contributed by atoms with van der Waals surface area (Å²) in [5, 5.41) is 3.05. The van der Waals surface area contributed by atoms with E-state index in [1.54, 1.807) is 0 Å². The first kappa shape index (κ1) is 18.9. The third kappa shape index (κ3) is 4.11. The summed E-state index contributed by atoms with van der Waals surface area (Å²) in [5.41, 5.74) is 1.17. The molecule has 0 heterocycles. The summed E-state index contributed by atoms with van der Waals surface area (Å²) in [4.78, 5) is 23.4. The van der Waals surface area contributed by atoms with E-state index in [0.717, 1.165) is 40.8 Å². The first-order chi connectivity index (χ1) is 13.0. The summed E-state index contributed by atoms with van der Waals surface area (Å²) >= 11 is 0. The number of unbranched alkanes of at least 4 members (excludes halogenated alkanes) is 2. The quantitative estimate of drug-likeness (QED) is 0.248. The van der Waals surface area contributed by atoms with Crippen molar-refractivity contribution in [3.05, 3.63) is 48.0 Å². The van der Waals surface area contributed by atoms with Crippen molar-refractivity contribution >= 4 is 33.5 Å². The van der Waals surface area contributed by atoms with Crippen molar-refractivity contribution < 1.29 is 19.1 Å². The Labute approximate surface area is 159 Å².